The molecule has 17 heavy (non-hydrogen) atoms. The highest BCUT2D eigenvalue weighted by Crippen LogP contribution is 2.29. The van der Waals surface area contributed by atoms with Crippen LogP contribution in [0.25, 0.3) is 11.4 Å². The van der Waals surface area contributed by atoms with Crippen molar-refractivity contribution in [3.8, 4) is 11.4 Å². The number of hydrogen-bond donors (Lipinski definition) is 1. The van der Waals surface area contributed by atoms with Gasteiger partial charge in [0, 0.05) is 24.5 Å². The van der Waals surface area contributed by atoms with E-state index in [1.807, 2.05) is 12.1 Å². The van der Waals surface area contributed by atoms with Crippen molar-refractivity contribution in [1.29, 1.82) is 0 Å². The Labute approximate surface area is 105 Å². The maximum absolute atomic E-state index is 5.29. The van der Waals surface area contributed by atoms with E-state index in [9.17, 15) is 0 Å². The SMILES string of the molecule is S=c1[nH]nc(-c2ccncc2)n1CC1CCC1. The van der Waals surface area contributed by atoms with Gasteiger partial charge in [0.05, 0.1) is 0 Å². The van der Waals surface area contributed by atoms with Crippen LogP contribution < -0.4 is 0 Å². The van der Waals surface area contributed by atoms with Crippen molar-refractivity contribution >= 4 is 12.2 Å². The van der Waals surface area contributed by atoms with Crippen molar-refractivity contribution in [3.63, 3.8) is 0 Å². The minimum atomic E-state index is 0.712. The van der Waals surface area contributed by atoms with Gasteiger partial charge in [0.25, 0.3) is 0 Å². The van der Waals surface area contributed by atoms with E-state index in [0.29, 0.717) is 4.77 Å². The van der Waals surface area contributed by atoms with E-state index in [-0.39, 0.29) is 0 Å². The Kier molecular flexibility index (Phi) is 2.76. The molecule has 1 aliphatic carbocycles. The minimum Gasteiger partial charge on any atom is -0.300 e. The Morgan fingerprint density at radius 3 is 2.76 bits per heavy atom. The highest BCUT2D eigenvalue weighted by atomic mass is 32.1. The van der Waals surface area contributed by atoms with Crippen LogP contribution in [-0.4, -0.2) is 19.7 Å². The fourth-order valence-corrected chi connectivity index (χ4v) is 2.35. The predicted octanol–water partition coefficient (Wildman–Crippen LogP) is 2.80. The maximum atomic E-state index is 5.29. The van der Waals surface area contributed by atoms with E-state index >= 15 is 0 Å². The van der Waals surface area contributed by atoms with Crippen molar-refractivity contribution in [3.05, 3.63) is 29.3 Å². The lowest BCUT2D eigenvalue weighted by molar-refractivity contribution is 0.276. The topological polar surface area (TPSA) is 46.5 Å². The predicted molar refractivity (Wildman–Crippen MR) is 68.0 cm³/mol. The van der Waals surface area contributed by atoms with Gasteiger partial charge in [-0.15, -0.1) is 0 Å². The lowest BCUT2D eigenvalue weighted by atomic mass is 9.85. The molecule has 2 aromatic rings. The first-order chi connectivity index (χ1) is 8.34. The minimum absolute atomic E-state index is 0.712. The van der Waals surface area contributed by atoms with Gasteiger partial charge in [-0.2, -0.15) is 5.10 Å². The number of aromatic nitrogens is 4. The Bertz CT molecular complexity index is 553. The van der Waals surface area contributed by atoms with E-state index in [2.05, 4.69) is 19.7 Å². The average molecular weight is 246 g/mol. The summed E-state index contributed by atoms with van der Waals surface area (Å²) in [5, 5.41) is 7.20. The molecule has 4 nitrogen and oxygen atoms in total. The first kappa shape index (κ1) is 10.7. The van der Waals surface area contributed by atoms with Crippen LogP contribution in [0.2, 0.25) is 0 Å². The van der Waals surface area contributed by atoms with Gasteiger partial charge >= 0.3 is 0 Å². The molecule has 0 unspecified atom stereocenters. The summed E-state index contributed by atoms with van der Waals surface area (Å²) >= 11 is 5.29. The summed E-state index contributed by atoms with van der Waals surface area (Å²) in [6, 6.07) is 3.92. The summed E-state index contributed by atoms with van der Waals surface area (Å²) in [4.78, 5) is 4.02. The van der Waals surface area contributed by atoms with E-state index in [1.54, 1.807) is 12.4 Å². The molecule has 0 radical (unpaired) electrons. The smallest absolute Gasteiger partial charge is 0.195 e. The zero-order valence-electron chi connectivity index (χ0n) is 9.47. The molecule has 0 aliphatic heterocycles. The van der Waals surface area contributed by atoms with Gasteiger partial charge in [0.15, 0.2) is 10.6 Å². The molecule has 2 heterocycles. The van der Waals surface area contributed by atoms with Gasteiger partial charge < -0.3 is 0 Å². The fraction of sp³-hybridized carbons (Fsp3) is 0.417. The van der Waals surface area contributed by atoms with Gasteiger partial charge in [-0.1, -0.05) is 6.42 Å². The van der Waals surface area contributed by atoms with Crippen LogP contribution in [0.15, 0.2) is 24.5 Å². The summed E-state index contributed by atoms with van der Waals surface area (Å²) in [7, 11) is 0. The normalized spacial score (nSPS) is 15.8. The molecule has 88 valence electrons. The summed E-state index contributed by atoms with van der Waals surface area (Å²) in [6.45, 7) is 0.979. The van der Waals surface area contributed by atoms with E-state index in [4.69, 9.17) is 12.2 Å². The van der Waals surface area contributed by atoms with Crippen molar-refractivity contribution in [2.24, 2.45) is 5.92 Å². The number of aromatic amines is 1. The standard InChI is InChI=1S/C12H14N4S/c17-12-15-14-11(10-4-6-13-7-5-10)16(12)8-9-2-1-3-9/h4-7,9H,1-3,8H2,(H,15,17). The van der Waals surface area contributed by atoms with Crippen LogP contribution in [0, 0.1) is 10.7 Å². The summed E-state index contributed by atoms with van der Waals surface area (Å²) in [5.74, 6) is 1.68. The largest absolute Gasteiger partial charge is 0.300 e. The van der Waals surface area contributed by atoms with Crippen LogP contribution in [-0.2, 0) is 6.54 Å². The number of pyridine rings is 1. The van der Waals surface area contributed by atoms with Gasteiger partial charge in [0.1, 0.15) is 0 Å². The molecule has 0 atom stereocenters. The first-order valence-electron chi connectivity index (χ1n) is 5.90. The summed E-state index contributed by atoms with van der Waals surface area (Å²) in [5.41, 5.74) is 1.06. The van der Waals surface area contributed by atoms with Crippen molar-refractivity contribution < 1.29 is 0 Å². The van der Waals surface area contributed by atoms with Gasteiger partial charge in [0.2, 0.25) is 0 Å². The van der Waals surface area contributed by atoms with Crippen LogP contribution >= 0.6 is 12.2 Å². The molecule has 1 N–H and O–H groups in total. The van der Waals surface area contributed by atoms with Crippen LogP contribution in [0.5, 0.6) is 0 Å². The Morgan fingerprint density at radius 1 is 1.35 bits per heavy atom. The molecule has 0 amide bonds. The molecule has 1 aliphatic rings. The number of nitrogens with zero attached hydrogens (tertiary/aromatic N) is 3. The van der Waals surface area contributed by atoms with Gasteiger partial charge in [-0.3, -0.25) is 14.6 Å². The summed E-state index contributed by atoms with van der Waals surface area (Å²) < 4.78 is 2.82. The third kappa shape index (κ3) is 2.02. The third-order valence-electron chi connectivity index (χ3n) is 3.36. The molecule has 1 saturated carbocycles. The Morgan fingerprint density at radius 2 is 2.12 bits per heavy atom. The van der Waals surface area contributed by atoms with Crippen molar-refractivity contribution in [2.45, 2.75) is 25.8 Å². The highest BCUT2D eigenvalue weighted by Gasteiger charge is 2.20. The Hall–Kier alpha value is -1.49. The maximum Gasteiger partial charge on any atom is 0.195 e. The number of hydrogen-bond acceptors (Lipinski definition) is 3. The molecular weight excluding hydrogens is 232 g/mol. The van der Waals surface area contributed by atoms with Crippen LogP contribution in [0.1, 0.15) is 19.3 Å². The fourth-order valence-electron chi connectivity index (χ4n) is 2.14. The number of nitrogens with one attached hydrogen (secondary N) is 1. The molecule has 0 bridgehead atoms. The second kappa shape index (κ2) is 4.41. The lowest BCUT2D eigenvalue weighted by Gasteiger charge is -2.25. The molecule has 0 saturated heterocycles. The molecule has 3 rings (SSSR count). The average Bonchev–Trinajstić information content (AvgIpc) is 2.66. The molecule has 5 heteroatoms. The number of H-pyrrole nitrogens is 1. The van der Waals surface area contributed by atoms with Crippen molar-refractivity contribution in [2.75, 3.05) is 0 Å². The second-order valence-electron chi connectivity index (χ2n) is 4.50. The van der Waals surface area contributed by atoms with Crippen LogP contribution in [0.3, 0.4) is 0 Å². The van der Waals surface area contributed by atoms with Gasteiger partial charge in [-0.25, -0.2) is 0 Å². The molecule has 0 aromatic carbocycles. The third-order valence-corrected chi connectivity index (χ3v) is 3.67. The monoisotopic (exact) mass is 246 g/mol. The lowest BCUT2D eigenvalue weighted by Crippen LogP contribution is -2.18. The molecule has 2 aromatic heterocycles. The molecule has 1 fully saturated rings. The quantitative estimate of drug-likeness (QED) is 0.847. The number of rotatable bonds is 3. The second-order valence-corrected chi connectivity index (χ2v) is 4.88. The van der Waals surface area contributed by atoms with E-state index in [0.717, 1.165) is 23.9 Å². The van der Waals surface area contributed by atoms with Crippen LogP contribution in [0.4, 0.5) is 0 Å². The zero-order chi connectivity index (χ0) is 11.7. The molecular formula is C12H14N4S. The highest BCUT2D eigenvalue weighted by molar-refractivity contribution is 7.71. The van der Waals surface area contributed by atoms with Gasteiger partial charge in [-0.05, 0) is 43.1 Å². The Balaban J connectivity index is 1.97. The summed E-state index contributed by atoms with van der Waals surface area (Å²) in [6.07, 6.45) is 7.52. The van der Waals surface area contributed by atoms with E-state index in [1.165, 1.54) is 19.3 Å². The molecule has 0 spiro atoms. The zero-order valence-corrected chi connectivity index (χ0v) is 10.3. The first-order valence-corrected chi connectivity index (χ1v) is 6.31. The van der Waals surface area contributed by atoms with E-state index < -0.39 is 0 Å². The van der Waals surface area contributed by atoms with Crippen molar-refractivity contribution in [1.82, 2.24) is 19.7 Å².